The molecular formula is C15H24N2O2. The number of amides is 2. The summed E-state index contributed by atoms with van der Waals surface area (Å²) >= 11 is 0. The van der Waals surface area contributed by atoms with E-state index in [1.54, 1.807) is 0 Å². The molecule has 4 heteroatoms. The first kappa shape index (κ1) is 15.5. The number of aliphatic hydroxyl groups excluding tert-OH is 1. The van der Waals surface area contributed by atoms with Gasteiger partial charge in [-0.2, -0.15) is 0 Å². The zero-order valence-corrected chi connectivity index (χ0v) is 12.0. The highest BCUT2D eigenvalue weighted by Gasteiger charge is 2.08. The van der Waals surface area contributed by atoms with E-state index in [1.807, 2.05) is 6.92 Å². The Labute approximate surface area is 115 Å². The molecule has 0 saturated carbocycles. The quantitative estimate of drug-likeness (QED) is 0.735. The predicted octanol–water partition coefficient (Wildman–Crippen LogP) is 1.92. The third-order valence-corrected chi connectivity index (χ3v) is 3.23. The maximum absolute atomic E-state index is 11.6. The number of benzene rings is 1. The maximum atomic E-state index is 11.6. The number of rotatable bonds is 6. The van der Waals surface area contributed by atoms with Gasteiger partial charge in [-0.25, -0.2) is 4.79 Å². The molecule has 2 amide bonds. The van der Waals surface area contributed by atoms with Crippen molar-refractivity contribution in [2.24, 2.45) is 0 Å². The van der Waals surface area contributed by atoms with Crippen molar-refractivity contribution in [2.75, 3.05) is 13.2 Å². The van der Waals surface area contributed by atoms with Crippen LogP contribution in [-0.4, -0.2) is 30.3 Å². The molecule has 3 N–H and O–H groups in total. The zero-order chi connectivity index (χ0) is 14.3. The van der Waals surface area contributed by atoms with Crippen molar-refractivity contribution < 1.29 is 9.90 Å². The van der Waals surface area contributed by atoms with Crippen molar-refractivity contribution in [3.8, 4) is 0 Å². The number of urea groups is 1. The van der Waals surface area contributed by atoms with Gasteiger partial charge in [0.25, 0.3) is 0 Å². The molecule has 0 fully saturated rings. The summed E-state index contributed by atoms with van der Waals surface area (Å²) in [6.45, 7) is 6.65. The second-order valence-corrected chi connectivity index (χ2v) is 4.87. The Morgan fingerprint density at radius 1 is 1.37 bits per heavy atom. The second-order valence-electron chi connectivity index (χ2n) is 4.87. The number of aliphatic hydroxyl groups is 1. The van der Waals surface area contributed by atoms with E-state index in [0.29, 0.717) is 6.54 Å². The smallest absolute Gasteiger partial charge is 0.315 e. The summed E-state index contributed by atoms with van der Waals surface area (Å²) in [5.74, 6) is 0. The van der Waals surface area contributed by atoms with Crippen LogP contribution in [0.5, 0.6) is 0 Å². The SMILES string of the molecule is CCC(CO)NC(=O)NCCc1ccc(C)cc1C. The Hall–Kier alpha value is -1.55. The summed E-state index contributed by atoms with van der Waals surface area (Å²) in [4.78, 5) is 11.6. The molecule has 0 aliphatic carbocycles. The molecule has 106 valence electrons. The monoisotopic (exact) mass is 264 g/mol. The van der Waals surface area contributed by atoms with Crippen LogP contribution in [0.15, 0.2) is 18.2 Å². The van der Waals surface area contributed by atoms with Crippen molar-refractivity contribution in [3.05, 3.63) is 34.9 Å². The molecule has 1 aromatic carbocycles. The van der Waals surface area contributed by atoms with Gasteiger partial charge in [-0.3, -0.25) is 0 Å². The molecule has 0 bridgehead atoms. The van der Waals surface area contributed by atoms with Crippen molar-refractivity contribution in [1.82, 2.24) is 10.6 Å². The lowest BCUT2D eigenvalue weighted by atomic mass is 10.0. The molecule has 0 radical (unpaired) electrons. The Balaban J connectivity index is 2.35. The van der Waals surface area contributed by atoms with Crippen LogP contribution in [0.4, 0.5) is 4.79 Å². The van der Waals surface area contributed by atoms with E-state index < -0.39 is 0 Å². The van der Waals surface area contributed by atoms with Crippen LogP contribution in [0, 0.1) is 13.8 Å². The van der Waals surface area contributed by atoms with Crippen LogP contribution in [0.1, 0.15) is 30.0 Å². The molecule has 4 nitrogen and oxygen atoms in total. The molecule has 0 aliphatic heterocycles. The van der Waals surface area contributed by atoms with Gasteiger partial charge in [0.15, 0.2) is 0 Å². The summed E-state index contributed by atoms with van der Waals surface area (Å²) in [5.41, 5.74) is 3.75. The molecule has 0 spiro atoms. The Morgan fingerprint density at radius 3 is 2.68 bits per heavy atom. The average Bonchev–Trinajstić information content (AvgIpc) is 2.38. The third-order valence-electron chi connectivity index (χ3n) is 3.23. The first-order chi connectivity index (χ1) is 9.06. The minimum atomic E-state index is -0.217. The highest BCUT2D eigenvalue weighted by atomic mass is 16.3. The van der Waals surface area contributed by atoms with E-state index in [4.69, 9.17) is 5.11 Å². The van der Waals surface area contributed by atoms with Crippen molar-refractivity contribution >= 4 is 6.03 Å². The van der Waals surface area contributed by atoms with Crippen LogP contribution in [0.25, 0.3) is 0 Å². The van der Waals surface area contributed by atoms with Gasteiger partial charge >= 0.3 is 6.03 Å². The fraction of sp³-hybridized carbons (Fsp3) is 0.533. The van der Waals surface area contributed by atoms with E-state index in [2.05, 4.69) is 42.7 Å². The highest BCUT2D eigenvalue weighted by molar-refractivity contribution is 5.74. The number of hydrogen-bond donors (Lipinski definition) is 3. The highest BCUT2D eigenvalue weighted by Crippen LogP contribution is 2.10. The first-order valence-corrected chi connectivity index (χ1v) is 6.78. The van der Waals surface area contributed by atoms with E-state index >= 15 is 0 Å². The van der Waals surface area contributed by atoms with Crippen LogP contribution in [0.2, 0.25) is 0 Å². The van der Waals surface area contributed by atoms with Gasteiger partial charge in [0, 0.05) is 6.54 Å². The largest absolute Gasteiger partial charge is 0.394 e. The Bertz CT molecular complexity index is 415. The molecule has 1 rings (SSSR count). The van der Waals surface area contributed by atoms with Gasteiger partial charge in [-0.15, -0.1) is 0 Å². The van der Waals surface area contributed by atoms with Gasteiger partial charge in [0.1, 0.15) is 0 Å². The lowest BCUT2D eigenvalue weighted by Gasteiger charge is -2.15. The molecule has 0 aliphatic rings. The Kier molecular flexibility index (Phi) is 6.36. The Morgan fingerprint density at radius 2 is 2.11 bits per heavy atom. The molecule has 0 saturated heterocycles. The van der Waals surface area contributed by atoms with E-state index in [1.165, 1.54) is 16.7 Å². The van der Waals surface area contributed by atoms with Gasteiger partial charge < -0.3 is 15.7 Å². The average molecular weight is 264 g/mol. The van der Waals surface area contributed by atoms with Crippen LogP contribution < -0.4 is 10.6 Å². The standard InChI is InChI=1S/C15H24N2O2/c1-4-14(10-18)17-15(19)16-8-7-13-6-5-11(2)9-12(13)3/h5-6,9,14,18H,4,7-8,10H2,1-3H3,(H2,16,17,19). The molecule has 0 aromatic heterocycles. The number of hydrogen-bond acceptors (Lipinski definition) is 2. The fourth-order valence-electron chi connectivity index (χ4n) is 1.95. The van der Waals surface area contributed by atoms with Crippen LogP contribution in [0.3, 0.4) is 0 Å². The van der Waals surface area contributed by atoms with Gasteiger partial charge in [-0.05, 0) is 37.8 Å². The molecule has 1 unspecified atom stereocenters. The van der Waals surface area contributed by atoms with E-state index in [-0.39, 0.29) is 18.7 Å². The molecular weight excluding hydrogens is 240 g/mol. The van der Waals surface area contributed by atoms with E-state index in [0.717, 1.165) is 12.8 Å². The summed E-state index contributed by atoms with van der Waals surface area (Å²) in [6, 6.07) is 5.95. The van der Waals surface area contributed by atoms with Crippen molar-refractivity contribution in [1.29, 1.82) is 0 Å². The number of carbonyl (C=O) groups is 1. The first-order valence-electron chi connectivity index (χ1n) is 6.78. The summed E-state index contributed by atoms with van der Waals surface area (Å²) in [5, 5.41) is 14.5. The fourth-order valence-corrected chi connectivity index (χ4v) is 1.95. The second kappa shape index (κ2) is 7.79. The minimum Gasteiger partial charge on any atom is -0.394 e. The van der Waals surface area contributed by atoms with Crippen LogP contribution >= 0.6 is 0 Å². The molecule has 0 heterocycles. The normalized spacial score (nSPS) is 12.0. The maximum Gasteiger partial charge on any atom is 0.315 e. The minimum absolute atomic E-state index is 0.0268. The number of aryl methyl sites for hydroxylation is 2. The lowest BCUT2D eigenvalue weighted by molar-refractivity contribution is 0.214. The number of nitrogens with one attached hydrogen (secondary N) is 2. The zero-order valence-electron chi connectivity index (χ0n) is 12.0. The van der Waals surface area contributed by atoms with E-state index in [9.17, 15) is 4.79 Å². The molecule has 19 heavy (non-hydrogen) atoms. The van der Waals surface area contributed by atoms with Crippen LogP contribution in [-0.2, 0) is 6.42 Å². The molecule has 1 atom stereocenters. The number of carbonyl (C=O) groups excluding carboxylic acids is 1. The van der Waals surface area contributed by atoms with Crippen molar-refractivity contribution in [3.63, 3.8) is 0 Å². The van der Waals surface area contributed by atoms with Gasteiger partial charge in [0.2, 0.25) is 0 Å². The summed E-state index contributed by atoms with van der Waals surface area (Å²) in [6.07, 6.45) is 1.54. The predicted molar refractivity (Wildman–Crippen MR) is 77.3 cm³/mol. The van der Waals surface area contributed by atoms with Gasteiger partial charge in [-0.1, -0.05) is 30.7 Å². The topological polar surface area (TPSA) is 61.4 Å². The van der Waals surface area contributed by atoms with Crippen molar-refractivity contribution in [2.45, 2.75) is 39.7 Å². The summed E-state index contributed by atoms with van der Waals surface area (Å²) in [7, 11) is 0. The third kappa shape index (κ3) is 5.30. The molecule has 1 aromatic rings. The van der Waals surface area contributed by atoms with Gasteiger partial charge in [0.05, 0.1) is 12.6 Å². The lowest BCUT2D eigenvalue weighted by Crippen LogP contribution is -2.44. The summed E-state index contributed by atoms with van der Waals surface area (Å²) < 4.78 is 0.